The van der Waals surface area contributed by atoms with Gasteiger partial charge < -0.3 is 9.47 Å². The Balaban J connectivity index is 1.66. The molecule has 0 spiro atoms. The standard InChI is InChI=1S/C21H34N2O5S/c1-4-9-22(15-16-7-10-23(11-8-16)29(24,25)26)19-6-5-17-13-20(27-2)21(28-3)14-18(17)12-19/h13-14,16,19H,4-12,15H2,1-3H3,(H,24,25,26). The summed E-state index contributed by atoms with van der Waals surface area (Å²) in [4.78, 5) is 2.59. The maximum atomic E-state index is 11.3. The highest BCUT2D eigenvalue weighted by Crippen LogP contribution is 2.35. The maximum Gasteiger partial charge on any atom is 0.335 e. The lowest BCUT2D eigenvalue weighted by molar-refractivity contribution is 0.127. The SMILES string of the molecule is CCCN(CC1CCN(S(=O)(=O)O)CC1)C1CCc2cc(OC)c(OC)cc2C1. The molecule has 1 fully saturated rings. The van der Waals surface area contributed by atoms with E-state index >= 15 is 0 Å². The Morgan fingerprint density at radius 1 is 1.10 bits per heavy atom. The summed E-state index contributed by atoms with van der Waals surface area (Å²) in [6.07, 6.45) is 5.84. The number of ether oxygens (including phenoxy) is 2. The second kappa shape index (κ2) is 9.64. The molecule has 29 heavy (non-hydrogen) atoms. The van der Waals surface area contributed by atoms with E-state index in [1.807, 2.05) is 0 Å². The van der Waals surface area contributed by atoms with E-state index in [9.17, 15) is 13.0 Å². The van der Waals surface area contributed by atoms with E-state index in [-0.39, 0.29) is 0 Å². The number of hydrogen-bond donors (Lipinski definition) is 1. The van der Waals surface area contributed by atoms with Gasteiger partial charge in [-0.1, -0.05) is 6.92 Å². The predicted octanol–water partition coefficient (Wildman–Crippen LogP) is 2.79. The highest BCUT2D eigenvalue weighted by atomic mass is 32.2. The zero-order valence-corrected chi connectivity index (χ0v) is 18.6. The summed E-state index contributed by atoms with van der Waals surface area (Å²) < 4.78 is 44.0. The Hall–Kier alpha value is -1.35. The van der Waals surface area contributed by atoms with E-state index in [0.29, 0.717) is 25.0 Å². The topological polar surface area (TPSA) is 79.3 Å². The van der Waals surface area contributed by atoms with E-state index in [2.05, 4.69) is 24.0 Å². The number of aryl methyl sites for hydroxylation is 1. The second-order valence-electron chi connectivity index (χ2n) is 8.19. The van der Waals surface area contributed by atoms with Gasteiger partial charge in [0.2, 0.25) is 0 Å². The average molecular weight is 427 g/mol. The summed E-state index contributed by atoms with van der Waals surface area (Å²) in [6.45, 7) is 5.06. The molecule has 1 aromatic carbocycles. The largest absolute Gasteiger partial charge is 0.493 e. The number of hydrogen-bond acceptors (Lipinski definition) is 5. The lowest BCUT2D eigenvalue weighted by atomic mass is 9.86. The Morgan fingerprint density at radius 3 is 2.28 bits per heavy atom. The van der Waals surface area contributed by atoms with Crippen molar-refractivity contribution in [1.82, 2.24) is 9.21 Å². The molecule has 8 heteroatoms. The molecule has 0 aromatic heterocycles. The number of rotatable bonds is 8. The molecule has 1 unspecified atom stereocenters. The highest BCUT2D eigenvalue weighted by molar-refractivity contribution is 7.83. The first kappa shape index (κ1) is 22.3. The summed E-state index contributed by atoms with van der Waals surface area (Å²) in [7, 11) is -0.710. The molecule has 1 aromatic rings. The van der Waals surface area contributed by atoms with Crippen LogP contribution in [0.4, 0.5) is 0 Å². The van der Waals surface area contributed by atoms with Gasteiger partial charge in [-0.2, -0.15) is 12.7 Å². The van der Waals surface area contributed by atoms with Crippen molar-refractivity contribution in [3.8, 4) is 11.5 Å². The minimum absolute atomic E-state index is 0.411. The zero-order chi connectivity index (χ0) is 21.0. The molecular weight excluding hydrogens is 392 g/mol. The van der Waals surface area contributed by atoms with Crippen LogP contribution in [0.1, 0.15) is 43.7 Å². The maximum absolute atomic E-state index is 11.3. The smallest absolute Gasteiger partial charge is 0.335 e. The predicted molar refractivity (Wildman–Crippen MR) is 113 cm³/mol. The number of methoxy groups -OCH3 is 2. The summed E-state index contributed by atoms with van der Waals surface area (Å²) in [5.41, 5.74) is 2.68. The van der Waals surface area contributed by atoms with Crippen molar-refractivity contribution in [3.05, 3.63) is 23.3 Å². The van der Waals surface area contributed by atoms with Crippen molar-refractivity contribution in [1.29, 1.82) is 0 Å². The fourth-order valence-corrected chi connectivity index (χ4v) is 5.41. The summed E-state index contributed by atoms with van der Waals surface area (Å²) in [6, 6.07) is 4.72. The molecule has 0 saturated carbocycles. The third-order valence-corrected chi connectivity index (χ3v) is 7.35. The fourth-order valence-electron chi connectivity index (χ4n) is 4.74. The van der Waals surface area contributed by atoms with Crippen LogP contribution in [0.25, 0.3) is 0 Å². The first-order chi connectivity index (χ1) is 13.9. The van der Waals surface area contributed by atoms with Crippen molar-refractivity contribution in [2.24, 2.45) is 5.92 Å². The van der Waals surface area contributed by atoms with Gasteiger partial charge in [-0.05, 0) is 74.2 Å². The van der Waals surface area contributed by atoms with E-state index in [1.165, 1.54) is 15.4 Å². The quantitative estimate of drug-likeness (QED) is 0.644. The molecule has 1 aliphatic heterocycles. The molecular formula is C21H34N2O5S. The first-order valence-corrected chi connectivity index (χ1v) is 12.0. The number of nitrogens with zero attached hydrogens (tertiary/aromatic N) is 2. The van der Waals surface area contributed by atoms with Crippen LogP contribution >= 0.6 is 0 Å². The second-order valence-corrected chi connectivity index (χ2v) is 9.60. The van der Waals surface area contributed by atoms with Crippen molar-refractivity contribution < 1.29 is 22.4 Å². The molecule has 0 bridgehead atoms. The van der Waals surface area contributed by atoms with E-state index in [1.54, 1.807) is 14.2 Å². The summed E-state index contributed by atoms with van der Waals surface area (Å²) >= 11 is 0. The van der Waals surface area contributed by atoms with E-state index in [0.717, 1.165) is 63.1 Å². The van der Waals surface area contributed by atoms with Gasteiger partial charge in [-0.3, -0.25) is 9.45 Å². The fraction of sp³-hybridized carbons (Fsp3) is 0.714. The van der Waals surface area contributed by atoms with Gasteiger partial charge in [0.05, 0.1) is 14.2 Å². The molecule has 1 atom stereocenters. The van der Waals surface area contributed by atoms with Crippen LogP contribution in [0.15, 0.2) is 12.1 Å². The number of piperidine rings is 1. The van der Waals surface area contributed by atoms with Gasteiger partial charge in [0, 0.05) is 25.7 Å². The molecule has 1 saturated heterocycles. The van der Waals surface area contributed by atoms with Crippen molar-refractivity contribution in [2.75, 3.05) is 40.4 Å². The molecule has 164 valence electrons. The van der Waals surface area contributed by atoms with Crippen LogP contribution in [0, 0.1) is 5.92 Å². The van der Waals surface area contributed by atoms with E-state index < -0.39 is 10.3 Å². The van der Waals surface area contributed by atoms with Gasteiger partial charge in [-0.15, -0.1) is 0 Å². The average Bonchev–Trinajstić information content (AvgIpc) is 2.71. The normalized spacial score (nSPS) is 21.2. The van der Waals surface area contributed by atoms with Crippen molar-refractivity contribution in [3.63, 3.8) is 0 Å². The lowest BCUT2D eigenvalue weighted by Crippen LogP contribution is -2.45. The molecule has 7 nitrogen and oxygen atoms in total. The molecule has 0 amide bonds. The van der Waals surface area contributed by atoms with Gasteiger partial charge in [0.25, 0.3) is 0 Å². The zero-order valence-electron chi connectivity index (χ0n) is 17.8. The third-order valence-electron chi connectivity index (χ3n) is 6.33. The first-order valence-electron chi connectivity index (χ1n) is 10.6. The minimum Gasteiger partial charge on any atom is -0.493 e. The van der Waals surface area contributed by atoms with Crippen LogP contribution in [0.2, 0.25) is 0 Å². The lowest BCUT2D eigenvalue weighted by Gasteiger charge is -2.39. The van der Waals surface area contributed by atoms with Gasteiger partial charge in [-0.25, -0.2) is 0 Å². The molecule has 1 aliphatic carbocycles. The van der Waals surface area contributed by atoms with Crippen LogP contribution in [0.5, 0.6) is 11.5 Å². The van der Waals surface area contributed by atoms with Gasteiger partial charge >= 0.3 is 10.3 Å². The molecule has 1 heterocycles. The van der Waals surface area contributed by atoms with Gasteiger partial charge in [0.1, 0.15) is 0 Å². The molecule has 0 radical (unpaired) electrons. The molecule has 3 rings (SSSR count). The highest BCUT2D eigenvalue weighted by Gasteiger charge is 2.30. The van der Waals surface area contributed by atoms with E-state index in [4.69, 9.17) is 9.47 Å². The Bertz CT molecular complexity index is 791. The molecule has 1 N–H and O–H groups in total. The number of benzene rings is 1. The number of fused-ring (bicyclic) bond motifs is 1. The minimum atomic E-state index is -4.06. The monoisotopic (exact) mass is 426 g/mol. The van der Waals surface area contributed by atoms with Crippen molar-refractivity contribution in [2.45, 2.75) is 51.5 Å². The van der Waals surface area contributed by atoms with Crippen molar-refractivity contribution >= 4 is 10.3 Å². The van der Waals surface area contributed by atoms with Crippen LogP contribution < -0.4 is 9.47 Å². The Kier molecular flexibility index (Phi) is 7.42. The van der Waals surface area contributed by atoms with Crippen LogP contribution in [-0.2, 0) is 23.1 Å². The third kappa shape index (κ3) is 5.42. The van der Waals surface area contributed by atoms with Crippen LogP contribution in [-0.4, -0.2) is 68.6 Å². The van der Waals surface area contributed by atoms with Crippen LogP contribution in [0.3, 0.4) is 0 Å². The van der Waals surface area contributed by atoms with Gasteiger partial charge in [0.15, 0.2) is 11.5 Å². The molecule has 2 aliphatic rings. The summed E-state index contributed by atoms with van der Waals surface area (Å²) in [5.74, 6) is 2.04. The Morgan fingerprint density at radius 2 is 1.72 bits per heavy atom. The Labute approximate surface area is 174 Å². The summed E-state index contributed by atoms with van der Waals surface area (Å²) in [5, 5.41) is 0.